The van der Waals surface area contributed by atoms with Gasteiger partial charge in [0.1, 0.15) is 5.15 Å². The minimum atomic E-state index is 0.584. The second-order valence-corrected chi connectivity index (χ2v) is 4.98. The third kappa shape index (κ3) is 2.94. The standard InChI is InChI=1S/C12H18ClN3/c1-15(2)11-6-7-16(9-11)8-10-4-3-5-12(13)14-10/h3-5,11H,6-9H2,1-2H3. The van der Waals surface area contributed by atoms with Gasteiger partial charge in [0.15, 0.2) is 0 Å². The summed E-state index contributed by atoms with van der Waals surface area (Å²) in [5.74, 6) is 0. The summed E-state index contributed by atoms with van der Waals surface area (Å²) in [6.45, 7) is 3.18. The Balaban J connectivity index is 1.92. The number of nitrogens with zero attached hydrogens (tertiary/aromatic N) is 3. The Kier molecular flexibility index (Phi) is 3.79. The minimum Gasteiger partial charge on any atom is -0.305 e. The second-order valence-electron chi connectivity index (χ2n) is 4.59. The maximum Gasteiger partial charge on any atom is 0.129 e. The first-order valence-corrected chi connectivity index (χ1v) is 6.03. The van der Waals surface area contributed by atoms with Crippen molar-refractivity contribution in [2.24, 2.45) is 0 Å². The van der Waals surface area contributed by atoms with Gasteiger partial charge in [0.05, 0.1) is 5.69 Å². The van der Waals surface area contributed by atoms with Crippen molar-refractivity contribution < 1.29 is 0 Å². The van der Waals surface area contributed by atoms with Gasteiger partial charge in [-0.05, 0) is 32.6 Å². The smallest absolute Gasteiger partial charge is 0.129 e. The van der Waals surface area contributed by atoms with Gasteiger partial charge < -0.3 is 4.90 Å². The molecule has 2 rings (SSSR count). The van der Waals surface area contributed by atoms with E-state index in [1.54, 1.807) is 0 Å². The lowest BCUT2D eigenvalue weighted by molar-refractivity contribution is 0.263. The van der Waals surface area contributed by atoms with Gasteiger partial charge in [0.2, 0.25) is 0 Å². The highest BCUT2D eigenvalue weighted by Crippen LogP contribution is 2.16. The van der Waals surface area contributed by atoms with Crippen molar-refractivity contribution in [3.05, 3.63) is 29.0 Å². The van der Waals surface area contributed by atoms with Crippen LogP contribution in [0.1, 0.15) is 12.1 Å². The number of likely N-dealkylation sites (N-methyl/N-ethyl adjacent to an activating group) is 1. The number of hydrogen-bond acceptors (Lipinski definition) is 3. The van der Waals surface area contributed by atoms with E-state index in [1.807, 2.05) is 18.2 Å². The lowest BCUT2D eigenvalue weighted by Crippen LogP contribution is -2.31. The van der Waals surface area contributed by atoms with E-state index < -0.39 is 0 Å². The van der Waals surface area contributed by atoms with Crippen molar-refractivity contribution in [2.45, 2.75) is 19.0 Å². The Morgan fingerprint density at radius 3 is 2.94 bits per heavy atom. The molecule has 1 fully saturated rings. The van der Waals surface area contributed by atoms with Gasteiger partial charge in [0.25, 0.3) is 0 Å². The van der Waals surface area contributed by atoms with Gasteiger partial charge in [-0.1, -0.05) is 17.7 Å². The van der Waals surface area contributed by atoms with Gasteiger partial charge in [-0.15, -0.1) is 0 Å². The van der Waals surface area contributed by atoms with E-state index in [-0.39, 0.29) is 0 Å². The third-order valence-corrected chi connectivity index (χ3v) is 3.35. The molecule has 0 N–H and O–H groups in total. The van der Waals surface area contributed by atoms with Crippen LogP contribution in [0.3, 0.4) is 0 Å². The summed E-state index contributed by atoms with van der Waals surface area (Å²) in [5, 5.41) is 0.584. The van der Waals surface area contributed by atoms with Crippen molar-refractivity contribution in [3.8, 4) is 0 Å². The second kappa shape index (κ2) is 5.13. The van der Waals surface area contributed by atoms with Crippen LogP contribution in [0.15, 0.2) is 18.2 Å². The molecule has 1 atom stereocenters. The SMILES string of the molecule is CN(C)C1CCN(Cc2cccc(Cl)n2)C1. The van der Waals surface area contributed by atoms with Gasteiger partial charge in [-0.2, -0.15) is 0 Å². The minimum absolute atomic E-state index is 0.584. The zero-order valence-corrected chi connectivity index (χ0v) is 10.6. The van der Waals surface area contributed by atoms with Crippen LogP contribution in [0.4, 0.5) is 0 Å². The Morgan fingerprint density at radius 1 is 1.50 bits per heavy atom. The molecule has 1 saturated heterocycles. The van der Waals surface area contributed by atoms with Crippen LogP contribution in [-0.4, -0.2) is 48.0 Å². The summed E-state index contributed by atoms with van der Waals surface area (Å²) in [7, 11) is 4.29. The number of hydrogen-bond donors (Lipinski definition) is 0. The largest absolute Gasteiger partial charge is 0.305 e. The van der Waals surface area contributed by atoms with Crippen molar-refractivity contribution in [1.29, 1.82) is 0 Å². The van der Waals surface area contributed by atoms with Crippen LogP contribution in [0.5, 0.6) is 0 Å². The fourth-order valence-electron chi connectivity index (χ4n) is 2.14. The molecule has 0 bridgehead atoms. The maximum atomic E-state index is 5.87. The van der Waals surface area contributed by atoms with Crippen LogP contribution in [-0.2, 0) is 6.54 Å². The van der Waals surface area contributed by atoms with E-state index in [1.165, 1.54) is 6.42 Å². The van der Waals surface area contributed by atoms with Crippen LogP contribution in [0.25, 0.3) is 0 Å². The summed E-state index contributed by atoms with van der Waals surface area (Å²) in [6.07, 6.45) is 1.24. The summed E-state index contributed by atoms with van der Waals surface area (Å²) < 4.78 is 0. The highest BCUT2D eigenvalue weighted by Gasteiger charge is 2.23. The van der Waals surface area contributed by atoms with E-state index >= 15 is 0 Å². The van der Waals surface area contributed by atoms with Gasteiger partial charge >= 0.3 is 0 Å². The molecule has 0 aliphatic carbocycles. The fraction of sp³-hybridized carbons (Fsp3) is 0.583. The molecule has 1 aliphatic rings. The normalized spacial score (nSPS) is 21.9. The van der Waals surface area contributed by atoms with Crippen molar-refractivity contribution >= 4 is 11.6 Å². The van der Waals surface area contributed by atoms with Gasteiger partial charge in [0, 0.05) is 25.7 Å². The average molecular weight is 240 g/mol. The molecule has 3 nitrogen and oxygen atoms in total. The Bertz CT molecular complexity index is 354. The monoisotopic (exact) mass is 239 g/mol. The number of rotatable bonds is 3. The van der Waals surface area contributed by atoms with E-state index in [0.717, 1.165) is 25.3 Å². The number of pyridine rings is 1. The fourth-order valence-corrected chi connectivity index (χ4v) is 2.33. The predicted molar refractivity (Wildman–Crippen MR) is 66.6 cm³/mol. The third-order valence-electron chi connectivity index (χ3n) is 3.14. The number of likely N-dealkylation sites (tertiary alicyclic amines) is 1. The molecule has 0 amide bonds. The molecule has 1 aromatic rings. The summed E-state index contributed by atoms with van der Waals surface area (Å²) in [6, 6.07) is 6.50. The molecule has 16 heavy (non-hydrogen) atoms. The molecule has 2 heterocycles. The number of aromatic nitrogens is 1. The zero-order chi connectivity index (χ0) is 11.5. The average Bonchev–Trinajstić information content (AvgIpc) is 2.66. The van der Waals surface area contributed by atoms with E-state index in [2.05, 4.69) is 28.9 Å². The molecule has 88 valence electrons. The Morgan fingerprint density at radius 2 is 2.31 bits per heavy atom. The molecule has 0 aromatic carbocycles. The van der Waals surface area contributed by atoms with Crippen LogP contribution < -0.4 is 0 Å². The first kappa shape index (κ1) is 11.8. The highest BCUT2D eigenvalue weighted by atomic mass is 35.5. The van der Waals surface area contributed by atoms with Crippen LogP contribution in [0, 0.1) is 0 Å². The first-order valence-electron chi connectivity index (χ1n) is 5.65. The molecule has 1 aliphatic heterocycles. The van der Waals surface area contributed by atoms with Gasteiger partial charge in [-0.3, -0.25) is 4.90 Å². The summed E-state index contributed by atoms with van der Waals surface area (Å²) >= 11 is 5.87. The van der Waals surface area contributed by atoms with Crippen molar-refractivity contribution in [2.75, 3.05) is 27.2 Å². The Hall–Kier alpha value is -0.640. The molecular formula is C12H18ClN3. The summed E-state index contributed by atoms with van der Waals surface area (Å²) in [4.78, 5) is 9.05. The quantitative estimate of drug-likeness (QED) is 0.751. The van der Waals surface area contributed by atoms with Gasteiger partial charge in [-0.25, -0.2) is 4.98 Å². The molecule has 1 unspecified atom stereocenters. The summed E-state index contributed by atoms with van der Waals surface area (Å²) in [5.41, 5.74) is 1.06. The van der Waals surface area contributed by atoms with E-state index in [0.29, 0.717) is 11.2 Å². The lowest BCUT2D eigenvalue weighted by atomic mass is 10.2. The molecule has 0 saturated carbocycles. The van der Waals surface area contributed by atoms with Crippen molar-refractivity contribution in [1.82, 2.24) is 14.8 Å². The van der Waals surface area contributed by atoms with Crippen LogP contribution >= 0.6 is 11.6 Å². The lowest BCUT2D eigenvalue weighted by Gasteiger charge is -2.20. The molecule has 0 radical (unpaired) electrons. The molecular weight excluding hydrogens is 222 g/mol. The molecule has 4 heteroatoms. The molecule has 0 spiro atoms. The van der Waals surface area contributed by atoms with E-state index in [9.17, 15) is 0 Å². The highest BCUT2D eigenvalue weighted by molar-refractivity contribution is 6.29. The topological polar surface area (TPSA) is 19.4 Å². The molecule has 1 aromatic heterocycles. The Labute approximate surface area is 102 Å². The number of halogens is 1. The van der Waals surface area contributed by atoms with Crippen molar-refractivity contribution in [3.63, 3.8) is 0 Å². The maximum absolute atomic E-state index is 5.87. The zero-order valence-electron chi connectivity index (χ0n) is 9.86. The van der Waals surface area contributed by atoms with E-state index in [4.69, 9.17) is 11.6 Å². The first-order chi connectivity index (χ1) is 7.65. The van der Waals surface area contributed by atoms with Crippen LogP contribution in [0.2, 0.25) is 5.15 Å². The predicted octanol–water partition coefficient (Wildman–Crippen LogP) is 1.87.